The number of carbonyl (C=O) groups is 1. The maximum Gasteiger partial charge on any atom is 0.230 e. The molecule has 0 aliphatic carbocycles. The van der Waals surface area contributed by atoms with Crippen molar-refractivity contribution < 1.29 is 9.53 Å². The Balaban J connectivity index is 2.11. The van der Waals surface area contributed by atoms with Crippen molar-refractivity contribution in [3.05, 3.63) is 23.8 Å². The molecule has 100 valence electrons. The fraction of sp³-hybridized carbons (Fsp3) is 0.467. The van der Waals surface area contributed by atoms with Gasteiger partial charge in [0.2, 0.25) is 5.91 Å². The Labute approximate surface area is 113 Å². The van der Waals surface area contributed by atoms with Crippen molar-refractivity contribution in [2.75, 3.05) is 18.6 Å². The van der Waals surface area contributed by atoms with Crippen LogP contribution in [-0.2, 0) is 11.2 Å². The van der Waals surface area contributed by atoms with E-state index in [4.69, 9.17) is 10.00 Å². The summed E-state index contributed by atoms with van der Waals surface area (Å²) in [6, 6.07) is 8.14. The Morgan fingerprint density at radius 1 is 1.42 bits per heavy atom. The van der Waals surface area contributed by atoms with E-state index in [9.17, 15) is 4.79 Å². The zero-order valence-electron chi connectivity index (χ0n) is 11.2. The molecule has 0 spiro atoms. The van der Waals surface area contributed by atoms with Gasteiger partial charge >= 0.3 is 0 Å². The minimum atomic E-state index is 0.0837. The van der Waals surface area contributed by atoms with Crippen LogP contribution in [0.5, 0.6) is 5.75 Å². The smallest absolute Gasteiger partial charge is 0.230 e. The van der Waals surface area contributed by atoms with E-state index in [0.717, 1.165) is 30.7 Å². The molecule has 4 nitrogen and oxygen atoms in total. The molecule has 0 radical (unpaired) electrons. The summed E-state index contributed by atoms with van der Waals surface area (Å²) >= 11 is 0. The van der Waals surface area contributed by atoms with Gasteiger partial charge in [0, 0.05) is 13.5 Å². The number of anilines is 1. The number of fused-ring (bicyclic) bond motifs is 1. The van der Waals surface area contributed by atoms with Crippen LogP contribution in [0.15, 0.2) is 18.2 Å². The Morgan fingerprint density at radius 3 is 3.05 bits per heavy atom. The van der Waals surface area contributed by atoms with E-state index >= 15 is 0 Å². The number of nitriles is 1. The van der Waals surface area contributed by atoms with E-state index in [1.165, 1.54) is 5.56 Å². The van der Waals surface area contributed by atoms with Gasteiger partial charge in [-0.25, -0.2) is 0 Å². The van der Waals surface area contributed by atoms with Gasteiger partial charge in [-0.3, -0.25) is 4.79 Å². The summed E-state index contributed by atoms with van der Waals surface area (Å²) in [5, 5.41) is 8.51. The van der Waals surface area contributed by atoms with Gasteiger partial charge in [-0.05, 0) is 37.0 Å². The molecule has 1 aromatic rings. The first-order chi connectivity index (χ1) is 9.22. The van der Waals surface area contributed by atoms with Crippen LogP contribution in [0.2, 0.25) is 0 Å². The third-order valence-electron chi connectivity index (χ3n) is 3.34. The number of hydrogen-bond acceptors (Lipinski definition) is 3. The summed E-state index contributed by atoms with van der Waals surface area (Å²) in [5.41, 5.74) is 2.03. The second-order valence-corrected chi connectivity index (χ2v) is 4.72. The van der Waals surface area contributed by atoms with Crippen LogP contribution in [-0.4, -0.2) is 19.6 Å². The van der Waals surface area contributed by atoms with Crippen molar-refractivity contribution in [1.82, 2.24) is 0 Å². The van der Waals surface area contributed by atoms with Crippen molar-refractivity contribution >= 4 is 11.6 Å². The Hall–Kier alpha value is -2.02. The summed E-state index contributed by atoms with van der Waals surface area (Å²) in [4.78, 5) is 13.5. The highest BCUT2D eigenvalue weighted by Crippen LogP contribution is 2.31. The van der Waals surface area contributed by atoms with Crippen molar-refractivity contribution in [2.45, 2.75) is 32.1 Å². The number of nitrogens with zero attached hydrogens (tertiary/aromatic N) is 2. The van der Waals surface area contributed by atoms with Gasteiger partial charge in [-0.15, -0.1) is 0 Å². The third kappa shape index (κ3) is 3.25. The lowest BCUT2D eigenvalue weighted by atomic mass is 10.1. The Morgan fingerprint density at radius 2 is 2.26 bits per heavy atom. The predicted octanol–water partition coefficient (Wildman–Crippen LogP) is 2.67. The third-order valence-corrected chi connectivity index (χ3v) is 3.34. The van der Waals surface area contributed by atoms with Gasteiger partial charge in [-0.2, -0.15) is 5.26 Å². The molecule has 1 aliphatic heterocycles. The summed E-state index contributed by atoms with van der Waals surface area (Å²) in [5.74, 6) is 0.856. The highest BCUT2D eigenvalue weighted by Gasteiger charge is 2.19. The zero-order valence-corrected chi connectivity index (χ0v) is 11.2. The molecule has 0 N–H and O–H groups in total. The number of amides is 1. The van der Waals surface area contributed by atoms with E-state index in [-0.39, 0.29) is 5.91 Å². The van der Waals surface area contributed by atoms with Gasteiger partial charge in [0.1, 0.15) is 5.75 Å². The van der Waals surface area contributed by atoms with Gasteiger partial charge in [0.05, 0.1) is 24.8 Å². The van der Waals surface area contributed by atoms with Crippen LogP contribution in [0, 0.1) is 11.3 Å². The van der Waals surface area contributed by atoms with E-state index in [0.29, 0.717) is 19.4 Å². The molecule has 1 heterocycles. The van der Waals surface area contributed by atoms with E-state index in [1.54, 1.807) is 11.9 Å². The van der Waals surface area contributed by atoms with Crippen LogP contribution in [0.25, 0.3) is 0 Å². The molecule has 19 heavy (non-hydrogen) atoms. The molecular weight excluding hydrogens is 240 g/mol. The first kappa shape index (κ1) is 13.4. The molecule has 0 saturated carbocycles. The lowest BCUT2D eigenvalue weighted by Crippen LogP contribution is -2.25. The Bertz CT molecular complexity index is 505. The van der Waals surface area contributed by atoms with Crippen molar-refractivity contribution in [2.24, 2.45) is 0 Å². The molecular formula is C15H18N2O2. The summed E-state index contributed by atoms with van der Waals surface area (Å²) in [6.07, 6.45) is 3.86. The second-order valence-electron chi connectivity index (χ2n) is 4.72. The maximum absolute atomic E-state index is 11.8. The first-order valence-corrected chi connectivity index (χ1v) is 6.61. The van der Waals surface area contributed by atoms with Gasteiger partial charge in [0.25, 0.3) is 0 Å². The van der Waals surface area contributed by atoms with Crippen LogP contribution in [0.3, 0.4) is 0 Å². The second kappa shape index (κ2) is 6.24. The van der Waals surface area contributed by atoms with Crippen molar-refractivity contribution in [3.63, 3.8) is 0 Å². The number of hydrogen-bond donors (Lipinski definition) is 0. The minimum Gasteiger partial charge on any atom is -0.491 e. The monoisotopic (exact) mass is 258 g/mol. The van der Waals surface area contributed by atoms with E-state index < -0.39 is 0 Å². The molecule has 1 amide bonds. The molecule has 4 heteroatoms. The van der Waals surface area contributed by atoms with Gasteiger partial charge in [0.15, 0.2) is 0 Å². The number of aryl methyl sites for hydroxylation is 1. The van der Waals surface area contributed by atoms with Crippen LogP contribution in [0.1, 0.15) is 31.2 Å². The quantitative estimate of drug-likeness (QED) is 0.780. The average Bonchev–Trinajstić information content (AvgIpc) is 2.56. The lowest BCUT2D eigenvalue weighted by molar-refractivity contribution is -0.118. The lowest BCUT2D eigenvalue weighted by Gasteiger charge is -2.17. The number of rotatable bonds is 4. The van der Waals surface area contributed by atoms with Crippen LogP contribution < -0.4 is 9.64 Å². The number of ether oxygens (including phenoxy) is 1. The molecule has 0 aromatic heterocycles. The maximum atomic E-state index is 11.8. The fourth-order valence-electron chi connectivity index (χ4n) is 2.19. The van der Waals surface area contributed by atoms with Crippen molar-refractivity contribution in [1.29, 1.82) is 5.26 Å². The highest BCUT2D eigenvalue weighted by molar-refractivity contribution is 5.95. The molecule has 0 unspecified atom stereocenters. The largest absolute Gasteiger partial charge is 0.491 e. The standard InChI is InChI=1S/C15H18N2O2/c1-17-13-11-12(5-3-2-4-9-16)6-7-14(13)19-10-8-15(17)18/h6-7,11H,2-5,8,10H2,1H3. The summed E-state index contributed by atoms with van der Waals surface area (Å²) in [7, 11) is 1.79. The molecule has 1 aromatic carbocycles. The van der Waals surface area contributed by atoms with Crippen LogP contribution >= 0.6 is 0 Å². The predicted molar refractivity (Wildman–Crippen MR) is 73.1 cm³/mol. The van der Waals surface area contributed by atoms with Crippen molar-refractivity contribution in [3.8, 4) is 11.8 Å². The summed E-state index contributed by atoms with van der Waals surface area (Å²) in [6.45, 7) is 0.442. The highest BCUT2D eigenvalue weighted by atomic mass is 16.5. The molecule has 0 saturated heterocycles. The SMILES string of the molecule is CN1C(=O)CCOc2ccc(CCCCC#N)cc21. The fourth-order valence-corrected chi connectivity index (χ4v) is 2.19. The minimum absolute atomic E-state index is 0.0837. The molecule has 0 bridgehead atoms. The molecule has 1 aliphatic rings. The number of unbranched alkanes of at least 4 members (excludes halogenated alkanes) is 2. The zero-order chi connectivity index (χ0) is 13.7. The molecule has 0 fully saturated rings. The normalized spacial score (nSPS) is 14.3. The van der Waals surface area contributed by atoms with Gasteiger partial charge < -0.3 is 9.64 Å². The number of carbonyl (C=O) groups excluding carboxylic acids is 1. The van der Waals surface area contributed by atoms with E-state index in [1.807, 2.05) is 18.2 Å². The summed E-state index contributed by atoms with van der Waals surface area (Å²) < 4.78 is 5.58. The topological polar surface area (TPSA) is 53.3 Å². The van der Waals surface area contributed by atoms with Gasteiger partial charge in [-0.1, -0.05) is 6.07 Å². The Kier molecular flexibility index (Phi) is 4.40. The van der Waals surface area contributed by atoms with Crippen LogP contribution in [0.4, 0.5) is 5.69 Å². The molecule has 2 rings (SSSR count). The first-order valence-electron chi connectivity index (χ1n) is 6.61. The number of benzene rings is 1. The average molecular weight is 258 g/mol. The van der Waals surface area contributed by atoms with E-state index in [2.05, 4.69) is 6.07 Å². The molecule has 0 atom stereocenters.